The third kappa shape index (κ3) is 3.85. The molecule has 2 rings (SSSR count). The summed E-state index contributed by atoms with van der Waals surface area (Å²) >= 11 is 6.09. The van der Waals surface area contributed by atoms with Gasteiger partial charge in [-0.25, -0.2) is 0 Å². The van der Waals surface area contributed by atoms with Crippen LogP contribution in [0.3, 0.4) is 0 Å². The zero-order chi connectivity index (χ0) is 17.1. The first-order valence-corrected chi connectivity index (χ1v) is 7.93. The first kappa shape index (κ1) is 17.4. The van der Waals surface area contributed by atoms with Crippen molar-refractivity contribution >= 4 is 17.5 Å². The molecule has 0 bridgehead atoms. The molecule has 0 aliphatic rings. The maximum atomic E-state index is 12.4. The van der Waals surface area contributed by atoms with E-state index in [0.717, 1.165) is 5.56 Å². The standard InChI is InChI=1S/C19H22ClNO2/c1-11-8-13(3)16(9-12(11)2)14(4)21-19(22)15-6-7-18(23-5)17(20)10-15/h6-10,14H,1-5H3,(H,21,22)/t14-/m0/s1. The Morgan fingerprint density at radius 3 is 2.35 bits per heavy atom. The molecule has 3 nitrogen and oxygen atoms in total. The molecule has 23 heavy (non-hydrogen) atoms. The normalized spacial score (nSPS) is 11.9. The Bertz CT molecular complexity index is 740. The number of aryl methyl sites for hydroxylation is 3. The summed E-state index contributed by atoms with van der Waals surface area (Å²) in [7, 11) is 1.55. The van der Waals surface area contributed by atoms with Gasteiger partial charge in [-0.1, -0.05) is 23.7 Å². The predicted octanol–water partition coefficient (Wildman–Crippen LogP) is 4.76. The van der Waals surface area contributed by atoms with E-state index in [1.54, 1.807) is 25.3 Å². The summed E-state index contributed by atoms with van der Waals surface area (Å²) in [6.45, 7) is 8.22. The first-order valence-electron chi connectivity index (χ1n) is 7.55. The zero-order valence-corrected chi connectivity index (χ0v) is 14.9. The monoisotopic (exact) mass is 331 g/mol. The van der Waals surface area contributed by atoms with E-state index in [2.05, 4.69) is 38.2 Å². The molecule has 0 saturated heterocycles. The van der Waals surface area contributed by atoms with Crippen molar-refractivity contribution in [2.24, 2.45) is 0 Å². The van der Waals surface area contributed by atoms with Crippen LogP contribution in [0.1, 0.15) is 45.6 Å². The van der Waals surface area contributed by atoms with Gasteiger partial charge in [0.15, 0.2) is 0 Å². The summed E-state index contributed by atoms with van der Waals surface area (Å²) in [6.07, 6.45) is 0. The Labute approximate surface area is 142 Å². The van der Waals surface area contributed by atoms with Gasteiger partial charge in [0.25, 0.3) is 5.91 Å². The van der Waals surface area contributed by atoms with Crippen molar-refractivity contribution in [1.82, 2.24) is 5.32 Å². The number of rotatable bonds is 4. The number of amides is 1. The number of methoxy groups -OCH3 is 1. The molecule has 0 heterocycles. The van der Waals surface area contributed by atoms with Crippen molar-refractivity contribution in [1.29, 1.82) is 0 Å². The minimum Gasteiger partial charge on any atom is -0.495 e. The zero-order valence-electron chi connectivity index (χ0n) is 14.2. The number of carbonyl (C=O) groups excluding carboxylic acids is 1. The van der Waals surface area contributed by atoms with Gasteiger partial charge in [0.2, 0.25) is 0 Å². The molecule has 2 aromatic carbocycles. The van der Waals surface area contributed by atoms with Crippen molar-refractivity contribution in [3.05, 3.63) is 63.2 Å². The van der Waals surface area contributed by atoms with E-state index in [4.69, 9.17) is 16.3 Å². The number of carbonyl (C=O) groups is 1. The topological polar surface area (TPSA) is 38.3 Å². The van der Waals surface area contributed by atoms with Gasteiger partial charge in [0.1, 0.15) is 5.75 Å². The van der Waals surface area contributed by atoms with Crippen LogP contribution in [0, 0.1) is 20.8 Å². The SMILES string of the molecule is COc1ccc(C(=O)N[C@@H](C)c2cc(C)c(C)cc2C)cc1Cl. The van der Waals surface area contributed by atoms with Gasteiger partial charge in [0.05, 0.1) is 18.2 Å². The Balaban J connectivity index is 2.20. The quantitative estimate of drug-likeness (QED) is 0.876. The van der Waals surface area contributed by atoms with Crippen LogP contribution in [0.2, 0.25) is 5.02 Å². The number of hydrogen-bond acceptors (Lipinski definition) is 2. The van der Waals surface area contributed by atoms with Gasteiger partial charge in [-0.15, -0.1) is 0 Å². The molecular weight excluding hydrogens is 310 g/mol. The van der Waals surface area contributed by atoms with E-state index >= 15 is 0 Å². The van der Waals surface area contributed by atoms with Crippen LogP contribution in [0.5, 0.6) is 5.75 Å². The molecule has 0 aromatic heterocycles. The lowest BCUT2D eigenvalue weighted by molar-refractivity contribution is 0.0940. The van der Waals surface area contributed by atoms with Crippen molar-refractivity contribution in [2.75, 3.05) is 7.11 Å². The molecule has 2 aromatic rings. The summed E-state index contributed by atoms with van der Waals surface area (Å²) in [5.74, 6) is 0.404. The highest BCUT2D eigenvalue weighted by atomic mass is 35.5. The van der Waals surface area contributed by atoms with Crippen LogP contribution < -0.4 is 10.1 Å². The largest absolute Gasteiger partial charge is 0.495 e. The molecule has 0 fully saturated rings. The summed E-state index contributed by atoms with van der Waals surface area (Å²) in [5, 5.41) is 3.45. The van der Waals surface area contributed by atoms with E-state index in [-0.39, 0.29) is 11.9 Å². The van der Waals surface area contributed by atoms with E-state index in [1.165, 1.54) is 16.7 Å². The van der Waals surface area contributed by atoms with Crippen molar-refractivity contribution in [3.8, 4) is 5.75 Å². The molecule has 1 amide bonds. The maximum Gasteiger partial charge on any atom is 0.251 e. The molecule has 122 valence electrons. The molecule has 1 N–H and O–H groups in total. The van der Waals surface area contributed by atoms with Crippen molar-refractivity contribution in [3.63, 3.8) is 0 Å². The lowest BCUT2D eigenvalue weighted by Gasteiger charge is -2.18. The van der Waals surface area contributed by atoms with E-state index in [1.807, 2.05) is 6.92 Å². The summed E-state index contributed by atoms with van der Waals surface area (Å²) in [6, 6.07) is 9.23. The third-order valence-corrected chi connectivity index (χ3v) is 4.41. The summed E-state index contributed by atoms with van der Waals surface area (Å²) in [5.41, 5.74) is 5.30. The number of nitrogens with one attached hydrogen (secondary N) is 1. The molecule has 0 saturated carbocycles. The van der Waals surface area contributed by atoms with E-state index in [0.29, 0.717) is 16.3 Å². The van der Waals surface area contributed by atoms with E-state index < -0.39 is 0 Å². The smallest absolute Gasteiger partial charge is 0.251 e. The van der Waals surface area contributed by atoms with Gasteiger partial charge in [-0.05, 0) is 68.1 Å². The maximum absolute atomic E-state index is 12.4. The summed E-state index contributed by atoms with van der Waals surface area (Å²) < 4.78 is 5.11. The number of benzene rings is 2. The second-order valence-corrected chi connectivity index (χ2v) is 6.24. The highest BCUT2D eigenvalue weighted by Crippen LogP contribution is 2.26. The number of halogens is 1. The minimum absolute atomic E-state index is 0.0809. The van der Waals surface area contributed by atoms with Crippen molar-refractivity contribution < 1.29 is 9.53 Å². The minimum atomic E-state index is -0.153. The fourth-order valence-electron chi connectivity index (χ4n) is 2.61. The number of hydrogen-bond donors (Lipinski definition) is 1. The van der Waals surface area contributed by atoms with Gasteiger partial charge < -0.3 is 10.1 Å². The van der Waals surface area contributed by atoms with Gasteiger partial charge in [-0.3, -0.25) is 4.79 Å². The van der Waals surface area contributed by atoms with Crippen LogP contribution in [-0.4, -0.2) is 13.0 Å². The summed E-state index contributed by atoms with van der Waals surface area (Å²) in [4.78, 5) is 12.4. The number of ether oxygens (including phenoxy) is 1. The lowest BCUT2D eigenvalue weighted by atomic mass is 9.96. The highest BCUT2D eigenvalue weighted by Gasteiger charge is 2.15. The van der Waals surface area contributed by atoms with Crippen LogP contribution in [0.4, 0.5) is 0 Å². The molecule has 0 unspecified atom stereocenters. The van der Waals surface area contributed by atoms with Gasteiger partial charge in [-0.2, -0.15) is 0 Å². The van der Waals surface area contributed by atoms with Gasteiger partial charge >= 0.3 is 0 Å². The second-order valence-electron chi connectivity index (χ2n) is 5.84. The Morgan fingerprint density at radius 1 is 1.09 bits per heavy atom. The van der Waals surface area contributed by atoms with E-state index in [9.17, 15) is 4.79 Å². The molecule has 0 radical (unpaired) electrons. The van der Waals surface area contributed by atoms with Gasteiger partial charge in [0, 0.05) is 5.56 Å². The molecule has 0 aliphatic heterocycles. The lowest BCUT2D eigenvalue weighted by Crippen LogP contribution is -2.27. The molecule has 4 heteroatoms. The second kappa shape index (κ2) is 7.05. The third-order valence-electron chi connectivity index (χ3n) is 4.11. The molecule has 0 aliphatic carbocycles. The average molecular weight is 332 g/mol. The van der Waals surface area contributed by atoms with Crippen LogP contribution in [0.15, 0.2) is 30.3 Å². The highest BCUT2D eigenvalue weighted by molar-refractivity contribution is 6.32. The molecule has 0 spiro atoms. The van der Waals surface area contributed by atoms with Crippen LogP contribution in [0.25, 0.3) is 0 Å². The van der Waals surface area contributed by atoms with Crippen LogP contribution in [-0.2, 0) is 0 Å². The fraction of sp³-hybridized carbons (Fsp3) is 0.316. The molecular formula is C19H22ClNO2. The van der Waals surface area contributed by atoms with Crippen LogP contribution >= 0.6 is 11.6 Å². The first-order chi connectivity index (χ1) is 10.8. The molecule has 1 atom stereocenters. The average Bonchev–Trinajstić information content (AvgIpc) is 2.50. The Morgan fingerprint density at radius 2 is 1.74 bits per heavy atom. The Hall–Kier alpha value is -2.00. The van der Waals surface area contributed by atoms with Crippen molar-refractivity contribution in [2.45, 2.75) is 33.7 Å². The Kier molecular flexibility index (Phi) is 5.32. The fourth-order valence-corrected chi connectivity index (χ4v) is 2.87. The predicted molar refractivity (Wildman–Crippen MR) is 94.5 cm³/mol.